The zero-order valence-electron chi connectivity index (χ0n) is 31.3. The van der Waals surface area contributed by atoms with E-state index >= 15 is 0 Å². The van der Waals surface area contributed by atoms with Crippen molar-refractivity contribution in [2.75, 3.05) is 40.7 Å². The Balaban J connectivity index is 1.87. The quantitative estimate of drug-likeness (QED) is 0.0582. The zero-order chi connectivity index (χ0) is 39.4. The molecule has 4 atom stereocenters. The Hall–Kier alpha value is -4.93. The van der Waals surface area contributed by atoms with Gasteiger partial charge < -0.3 is 38.7 Å². The van der Waals surface area contributed by atoms with Gasteiger partial charge in [-0.15, -0.1) is 0 Å². The van der Waals surface area contributed by atoms with Crippen molar-refractivity contribution in [1.82, 2.24) is 20.3 Å². The number of aliphatic hydroxyl groups excluding tert-OH is 1. The number of esters is 1. The van der Waals surface area contributed by atoms with Gasteiger partial charge in [0.15, 0.2) is 19.2 Å². The molecule has 3 N–H and O–H groups in total. The smallest absolute Gasteiger partial charge is 0.331 e. The van der Waals surface area contributed by atoms with Crippen LogP contribution in [0.25, 0.3) is 0 Å². The third kappa shape index (κ3) is 12.9. The summed E-state index contributed by atoms with van der Waals surface area (Å²) < 4.78 is 26.1. The predicted octanol–water partition coefficient (Wildman–Crippen LogP) is 3.35. The van der Waals surface area contributed by atoms with E-state index < -0.39 is 53.8 Å². The molecule has 0 radical (unpaired) electrons. The number of aromatic nitrogens is 1. The van der Waals surface area contributed by atoms with E-state index in [4.69, 9.17) is 23.4 Å². The first-order chi connectivity index (χ1) is 25.2. The van der Waals surface area contributed by atoms with Gasteiger partial charge in [-0.05, 0) is 40.2 Å². The molecule has 0 aromatic carbocycles. The Morgan fingerprint density at radius 2 is 1.74 bits per heavy atom. The number of allylic oxidation sites excluding steroid dienone is 11. The van der Waals surface area contributed by atoms with Crippen LogP contribution in [0.2, 0.25) is 0 Å². The topological polar surface area (TPSA) is 190 Å². The molecule has 1 aliphatic heterocycles. The molecule has 1 aliphatic rings. The summed E-state index contributed by atoms with van der Waals surface area (Å²) in [6.07, 6.45) is 23.3. The Morgan fingerprint density at radius 1 is 1.08 bits per heavy atom. The van der Waals surface area contributed by atoms with E-state index in [1.165, 1.54) is 32.7 Å². The summed E-state index contributed by atoms with van der Waals surface area (Å²) in [7, 11) is 2.68. The molecule has 0 bridgehead atoms. The van der Waals surface area contributed by atoms with Crippen molar-refractivity contribution in [3.8, 4) is 0 Å². The molecule has 2 heterocycles. The van der Waals surface area contributed by atoms with Crippen LogP contribution in [-0.4, -0.2) is 114 Å². The zero-order valence-corrected chi connectivity index (χ0v) is 31.3. The van der Waals surface area contributed by atoms with Crippen LogP contribution in [0.5, 0.6) is 0 Å². The number of likely N-dealkylation sites (N-methyl/N-ethyl adjacent to an activating group) is 1. The third-order valence-electron chi connectivity index (χ3n) is 8.18. The fourth-order valence-electron chi connectivity index (χ4n) is 4.95. The number of rotatable bonds is 20. The van der Waals surface area contributed by atoms with Crippen LogP contribution in [-0.2, 0) is 44.5 Å². The van der Waals surface area contributed by atoms with Crippen molar-refractivity contribution in [3.05, 3.63) is 103 Å². The van der Waals surface area contributed by atoms with Gasteiger partial charge in [0.2, 0.25) is 5.91 Å². The van der Waals surface area contributed by atoms with E-state index in [-0.39, 0.29) is 30.9 Å². The highest BCUT2D eigenvalue weighted by atomic mass is 16.8. The summed E-state index contributed by atoms with van der Waals surface area (Å²) in [6.45, 7) is 7.74. The lowest BCUT2D eigenvalue weighted by Crippen LogP contribution is -2.64. The highest BCUT2D eigenvalue weighted by Gasteiger charge is 2.55. The van der Waals surface area contributed by atoms with E-state index in [1.807, 2.05) is 18.2 Å². The number of nitrogens with one attached hydrogen (secondary N) is 1. The maximum absolute atomic E-state index is 13.5. The van der Waals surface area contributed by atoms with E-state index in [2.05, 4.69) is 10.3 Å². The SMILES string of the molecule is CCOC(=O)C(C(C)OC)N(C)C(=O)C1(N(O)C(=O)C=CC=CC=CC=CCNC(=O)C(C)(C)C(O)C(C)=CC=CC=CCc2cnco2)COCO1. The summed E-state index contributed by atoms with van der Waals surface area (Å²) in [6, 6.07) is -1.19. The maximum atomic E-state index is 13.5. The molecule has 15 heteroatoms. The number of hydrogen-bond acceptors (Lipinski definition) is 12. The molecule has 15 nitrogen and oxygen atoms in total. The Kier molecular flexibility index (Phi) is 18.5. The van der Waals surface area contributed by atoms with Gasteiger partial charge >= 0.3 is 5.97 Å². The fraction of sp³-hybridized carbons (Fsp3) is 0.447. The van der Waals surface area contributed by atoms with Gasteiger partial charge in [0, 0.05) is 33.2 Å². The molecule has 4 unspecified atom stereocenters. The minimum atomic E-state index is -2.24. The summed E-state index contributed by atoms with van der Waals surface area (Å²) in [4.78, 5) is 56.7. The first-order valence-electron chi connectivity index (χ1n) is 17.0. The molecule has 53 heavy (non-hydrogen) atoms. The summed E-state index contributed by atoms with van der Waals surface area (Å²) in [5, 5.41) is 24.5. The number of nitrogens with zero attached hydrogens (tertiary/aromatic N) is 3. The van der Waals surface area contributed by atoms with Crippen molar-refractivity contribution in [1.29, 1.82) is 0 Å². The number of carbonyl (C=O) groups is 4. The number of oxazole rings is 1. The third-order valence-corrected chi connectivity index (χ3v) is 8.18. The van der Waals surface area contributed by atoms with Crippen molar-refractivity contribution < 1.29 is 52.9 Å². The largest absolute Gasteiger partial charge is 0.464 e. The van der Waals surface area contributed by atoms with E-state index in [0.29, 0.717) is 12.0 Å². The number of methoxy groups -OCH3 is 1. The van der Waals surface area contributed by atoms with Gasteiger partial charge in [-0.1, -0.05) is 72.9 Å². The highest BCUT2D eigenvalue weighted by molar-refractivity contribution is 5.95. The summed E-state index contributed by atoms with van der Waals surface area (Å²) >= 11 is 0. The molecule has 1 aromatic heterocycles. The van der Waals surface area contributed by atoms with Crippen molar-refractivity contribution in [2.24, 2.45) is 5.41 Å². The molecular formula is C38H52N4O11. The fourth-order valence-corrected chi connectivity index (χ4v) is 4.95. The van der Waals surface area contributed by atoms with Crippen LogP contribution in [0, 0.1) is 5.41 Å². The molecule has 3 amide bonds. The molecule has 290 valence electrons. The monoisotopic (exact) mass is 740 g/mol. The van der Waals surface area contributed by atoms with E-state index in [1.54, 1.807) is 83.3 Å². The van der Waals surface area contributed by atoms with Crippen LogP contribution in [0.15, 0.2) is 102 Å². The molecule has 2 rings (SSSR count). The second kappa shape index (κ2) is 22.2. The lowest BCUT2D eigenvalue weighted by atomic mass is 9.81. The van der Waals surface area contributed by atoms with Crippen LogP contribution >= 0.6 is 0 Å². The normalized spacial score (nSPS) is 18.8. The number of amides is 3. The van der Waals surface area contributed by atoms with Crippen LogP contribution < -0.4 is 5.32 Å². The Bertz CT molecular complexity index is 1550. The minimum Gasteiger partial charge on any atom is -0.464 e. The lowest BCUT2D eigenvalue weighted by Gasteiger charge is -2.38. The second-order valence-electron chi connectivity index (χ2n) is 12.4. The van der Waals surface area contributed by atoms with Crippen LogP contribution in [0.3, 0.4) is 0 Å². The number of carbonyl (C=O) groups excluding carboxylic acids is 4. The van der Waals surface area contributed by atoms with Crippen molar-refractivity contribution >= 4 is 23.7 Å². The van der Waals surface area contributed by atoms with Crippen molar-refractivity contribution in [2.45, 2.75) is 65.0 Å². The predicted molar refractivity (Wildman–Crippen MR) is 195 cm³/mol. The number of hydroxylamine groups is 2. The lowest BCUT2D eigenvalue weighted by molar-refractivity contribution is -0.246. The number of ether oxygens (including phenoxy) is 4. The Morgan fingerprint density at radius 3 is 2.36 bits per heavy atom. The second-order valence-corrected chi connectivity index (χ2v) is 12.4. The molecule has 0 aliphatic carbocycles. The molecule has 1 fully saturated rings. The van der Waals surface area contributed by atoms with E-state index in [0.717, 1.165) is 16.7 Å². The molecule has 1 saturated heterocycles. The van der Waals surface area contributed by atoms with Gasteiger partial charge in [-0.25, -0.2) is 9.78 Å². The van der Waals surface area contributed by atoms with Gasteiger partial charge in [0.1, 0.15) is 12.4 Å². The van der Waals surface area contributed by atoms with Crippen molar-refractivity contribution in [3.63, 3.8) is 0 Å². The number of hydrogen-bond donors (Lipinski definition) is 3. The standard InChI is InChI=1S/C38H52N4O11/c1-8-51-34(45)32(29(3)49-7)41(6)36(47)38(25-50-27-53-38)42(48)31(43)22-18-12-10-9-11-15-19-23-40-35(46)37(4,5)33(44)28(2)20-16-13-14-17-21-30-24-39-26-52-30/h9-20,22,24,26,29,32-33,44,48H,8,21,23,25,27H2,1-7H3,(H,40,46). The van der Waals surface area contributed by atoms with Gasteiger partial charge in [0.05, 0.1) is 30.4 Å². The molecule has 0 saturated carbocycles. The molecule has 0 spiro atoms. The first-order valence-corrected chi connectivity index (χ1v) is 17.0. The van der Waals surface area contributed by atoms with E-state index in [9.17, 15) is 29.5 Å². The average Bonchev–Trinajstić information content (AvgIpc) is 3.86. The minimum absolute atomic E-state index is 0.0691. The molecular weight excluding hydrogens is 688 g/mol. The van der Waals surface area contributed by atoms with Gasteiger partial charge in [-0.3, -0.25) is 19.6 Å². The van der Waals surface area contributed by atoms with Gasteiger partial charge in [0.25, 0.3) is 17.5 Å². The maximum Gasteiger partial charge on any atom is 0.331 e. The highest BCUT2D eigenvalue weighted by Crippen LogP contribution is 2.28. The number of aliphatic hydroxyl groups is 1. The first kappa shape index (κ1) is 44.2. The average molecular weight is 741 g/mol. The van der Waals surface area contributed by atoms with Crippen LogP contribution in [0.4, 0.5) is 0 Å². The summed E-state index contributed by atoms with van der Waals surface area (Å²) in [5.41, 5.74) is -2.68. The van der Waals surface area contributed by atoms with Crippen LogP contribution in [0.1, 0.15) is 40.4 Å². The molecule has 1 aromatic rings. The Labute approximate surface area is 310 Å². The van der Waals surface area contributed by atoms with Gasteiger partial charge in [-0.2, -0.15) is 5.06 Å². The summed E-state index contributed by atoms with van der Waals surface area (Å²) in [5.74, 6) is -2.18.